The number of hydrogen-bond acceptors (Lipinski definition) is 4. The lowest BCUT2D eigenvalue weighted by molar-refractivity contribution is -0.133. The zero-order chi connectivity index (χ0) is 16.0. The van der Waals surface area contributed by atoms with E-state index in [-0.39, 0.29) is 30.4 Å². The standard InChI is InChI=1S/C15H29N3O3/c1-10(2)9-21-12-5-6-18(8-12)13(19)7-17-15(20)14(16)11(3)4/h10-12,14H,5-9,16H2,1-4H3,(H,17,20)/t12?,14-/m0/s1. The molecule has 2 amide bonds. The van der Waals surface area contributed by atoms with Crippen LogP contribution in [0.5, 0.6) is 0 Å². The first-order chi connectivity index (χ1) is 9.81. The van der Waals surface area contributed by atoms with Gasteiger partial charge < -0.3 is 20.7 Å². The van der Waals surface area contributed by atoms with Gasteiger partial charge in [-0.15, -0.1) is 0 Å². The topological polar surface area (TPSA) is 84.7 Å². The SMILES string of the molecule is CC(C)COC1CCN(C(=O)CNC(=O)[C@@H](N)C(C)C)C1. The molecule has 6 heteroatoms. The van der Waals surface area contributed by atoms with Crippen LogP contribution >= 0.6 is 0 Å². The summed E-state index contributed by atoms with van der Waals surface area (Å²) in [7, 11) is 0. The largest absolute Gasteiger partial charge is 0.376 e. The number of carbonyl (C=O) groups is 2. The predicted molar refractivity (Wildman–Crippen MR) is 81.6 cm³/mol. The summed E-state index contributed by atoms with van der Waals surface area (Å²) in [6.45, 7) is 9.98. The van der Waals surface area contributed by atoms with Gasteiger partial charge in [-0.3, -0.25) is 9.59 Å². The van der Waals surface area contributed by atoms with Crippen LogP contribution in [0.25, 0.3) is 0 Å². The molecule has 0 bridgehead atoms. The van der Waals surface area contributed by atoms with Crippen LogP contribution in [0.2, 0.25) is 0 Å². The third kappa shape index (κ3) is 6.01. The molecule has 0 saturated carbocycles. The van der Waals surface area contributed by atoms with Gasteiger partial charge in [0.2, 0.25) is 11.8 Å². The van der Waals surface area contributed by atoms with Crippen molar-refractivity contribution >= 4 is 11.8 Å². The number of likely N-dealkylation sites (tertiary alicyclic amines) is 1. The van der Waals surface area contributed by atoms with Gasteiger partial charge in [0.1, 0.15) is 0 Å². The van der Waals surface area contributed by atoms with Crippen molar-refractivity contribution in [1.82, 2.24) is 10.2 Å². The predicted octanol–water partition coefficient (Wildman–Crippen LogP) is 0.359. The van der Waals surface area contributed by atoms with E-state index in [1.807, 2.05) is 13.8 Å². The molecule has 1 aliphatic heterocycles. The highest BCUT2D eigenvalue weighted by atomic mass is 16.5. The molecule has 0 aromatic rings. The number of nitrogens with one attached hydrogen (secondary N) is 1. The first kappa shape index (κ1) is 17.9. The third-order valence-electron chi connectivity index (χ3n) is 3.60. The molecule has 1 fully saturated rings. The van der Waals surface area contributed by atoms with Crippen LogP contribution in [-0.4, -0.2) is 55.1 Å². The van der Waals surface area contributed by atoms with Gasteiger partial charge in [0.05, 0.1) is 18.7 Å². The number of rotatable bonds is 7. The number of nitrogens with two attached hydrogens (primary N) is 1. The Morgan fingerprint density at radius 3 is 2.57 bits per heavy atom. The van der Waals surface area contributed by atoms with Gasteiger partial charge in [-0.05, 0) is 18.3 Å². The second kappa shape index (κ2) is 8.34. The van der Waals surface area contributed by atoms with Gasteiger partial charge in [-0.1, -0.05) is 27.7 Å². The highest BCUT2D eigenvalue weighted by Crippen LogP contribution is 2.13. The summed E-state index contributed by atoms with van der Waals surface area (Å²) >= 11 is 0. The molecule has 1 saturated heterocycles. The Balaban J connectivity index is 2.29. The van der Waals surface area contributed by atoms with Crippen LogP contribution in [0.4, 0.5) is 0 Å². The number of nitrogens with zero attached hydrogens (tertiary/aromatic N) is 1. The summed E-state index contributed by atoms with van der Waals surface area (Å²) < 4.78 is 5.74. The molecule has 0 aromatic heterocycles. The Morgan fingerprint density at radius 1 is 1.33 bits per heavy atom. The summed E-state index contributed by atoms with van der Waals surface area (Å²) in [5, 5.41) is 2.61. The smallest absolute Gasteiger partial charge is 0.242 e. The lowest BCUT2D eigenvalue weighted by Crippen LogP contribution is -2.47. The second-order valence-electron chi connectivity index (χ2n) is 6.47. The van der Waals surface area contributed by atoms with Crippen molar-refractivity contribution in [3.05, 3.63) is 0 Å². The molecule has 6 nitrogen and oxygen atoms in total. The van der Waals surface area contributed by atoms with E-state index in [1.54, 1.807) is 4.90 Å². The monoisotopic (exact) mass is 299 g/mol. The van der Waals surface area contributed by atoms with Crippen LogP contribution in [0, 0.1) is 11.8 Å². The number of amides is 2. The van der Waals surface area contributed by atoms with Crippen molar-refractivity contribution < 1.29 is 14.3 Å². The Bertz CT molecular complexity index is 358. The second-order valence-corrected chi connectivity index (χ2v) is 6.47. The maximum absolute atomic E-state index is 12.0. The maximum atomic E-state index is 12.0. The average molecular weight is 299 g/mol. The molecule has 1 unspecified atom stereocenters. The highest BCUT2D eigenvalue weighted by Gasteiger charge is 2.27. The Morgan fingerprint density at radius 2 is 2.00 bits per heavy atom. The minimum atomic E-state index is -0.571. The lowest BCUT2D eigenvalue weighted by Gasteiger charge is -2.19. The zero-order valence-corrected chi connectivity index (χ0v) is 13.6. The van der Waals surface area contributed by atoms with E-state index in [0.29, 0.717) is 25.6 Å². The Labute approximate surface area is 127 Å². The van der Waals surface area contributed by atoms with Gasteiger partial charge in [0, 0.05) is 19.7 Å². The normalized spacial score (nSPS) is 20.1. The van der Waals surface area contributed by atoms with E-state index in [9.17, 15) is 9.59 Å². The summed E-state index contributed by atoms with van der Waals surface area (Å²) in [6.07, 6.45) is 0.975. The molecular weight excluding hydrogens is 270 g/mol. The van der Waals surface area contributed by atoms with Crippen LogP contribution in [-0.2, 0) is 14.3 Å². The van der Waals surface area contributed by atoms with Crippen LogP contribution in [0.15, 0.2) is 0 Å². The van der Waals surface area contributed by atoms with Crippen molar-refractivity contribution in [2.24, 2.45) is 17.6 Å². The van der Waals surface area contributed by atoms with E-state index in [4.69, 9.17) is 10.5 Å². The molecule has 0 radical (unpaired) electrons. The van der Waals surface area contributed by atoms with Crippen molar-refractivity contribution in [2.45, 2.75) is 46.3 Å². The molecule has 0 aromatic carbocycles. The number of carbonyl (C=O) groups excluding carboxylic acids is 2. The molecule has 21 heavy (non-hydrogen) atoms. The summed E-state index contributed by atoms with van der Waals surface area (Å²) in [5.41, 5.74) is 5.73. The molecule has 1 heterocycles. The van der Waals surface area contributed by atoms with Crippen molar-refractivity contribution in [3.63, 3.8) is 0 Å². The maximum Gasteiger partial charge on any atom is 0.242 e. The Kier molecular flexibility index (Phi) is 7.11. The van der Waals surface area contributed by atoms with Crippen molar-refractivity contribution in [1.29, 1.82) is 0 Å². The van der Waals surface area contributed by atoms with Crippen molar-refractivity contribution in [2.75, 3.05) is 26.2 Å². The molecule has 1 rings (SSSR count). The first-order valence-corrected chi connectivity index (χ1v) is 7.74. The fourth-order valence-corrected chi connectivity index (χ4v) is 2.11. The molecule has 3 N–H and O–H groups in total. The third-order valence-corrected chi connectivity index (χ3v) is 3.60. The van der Waals surface area contributed by atoms with Crippen LogP contribution in [0.3, 0.4) is 0 Å². The summed E-state index contributed by atoms with van der Waals surface area (Å²) in [5.74, 6) is 0.201. The van der Waals surface area contributed by atoms with Gasteiger partial charge >= 0.3 is 0 Å². The van der Waals surface area contributed by atoms with Crippen LogP contribution < -0.4 is 11.1 Å². The minimum Gasteiger partial charge on any atom is -0.376 e. The number of ether oxygens (including phenoxy) is 1. The molecule has 2 atom stereocenters. The molecule has 0 spiro atoms. The number of hydrogen-bond donors (Lipinski definition) is 2. The van der Waals surface area contributed by atoms with E-state index < -0.39 is 6.04 Å². The molecule has 0 aliphatic carbocycles. The minimum absolute atomic E-state index is 0.0101. The quantitative estimate of drug-likeness (QED) is 0.711. The molecule has 1 aliphatic rings. The summed E-state index contributed by atoms with van der Waals surface area (Å²) in [4.78, 5) is 25.5. The summed E-state index contributed by atoms with van der Waals surface area (Å²) in [6, 6.07) is -0.571. The van der Waals surface area contributed by atoms with Crippen molar-refractivity contribution in [3.8, 4) is 0 Å². The van der Waals surface area contributed by atoms with Gasteiger partial charge in [-0.2, -0.15) is 0 Å². The first-order valence-electron chi connectivity index (χ1n) is 7.74. The fourth-order valence-electron chi connectivity index (χ4n) is 2.11. The average Bonchev–Trinajstić information content (AvgIpc) is 2.90. The fraction of sp³-hybridized carbons (Fsp3) is 0.867. The van der Waals surface area contributed by atoms with Gasteiger partial charge in [-0.25, -0.2) is 0 Å². The van der Waals surface area contributed by atoms with Gasteiger partial charge in [0.25, 0.3) is 0 Å². The van der Waals surface area contributed by atoms with Gasteiger partial charge in [0.15, 0.2) is 0 Å². The highest BCUT2D eigenvalue weighted by molar-refractivity contribution is 5.87. The van der Waals surface area contributed by atoms with E-state index in [0.717, 1.165) is 6.42 Å². The molecular formula is C15H29N3O3. The van der Waals surface area contributed by atoms with Crippen LogP contribution in [0.1, 0.15) is 34.1 Å². The lowest BCUT2D eigenvalue weighted by atomic mass is 10.1. The van der Waals surface area contributed by atoms with E-state index in [2.05, 4.69) is 19.2 Å². The molecule has 122 valence electrons. The van der Waals surface area contributed by atoms with E-state index in [1.165, 1.54) is 0 Å². The van der Waals surface area contributed by atoms with E-state index >= 15 is 0 Å². The Hall–Kier alpha value is -1.14. The zero-order valence-electron chi connectivity index (χ0n) is 13.6.